The molecule has 3 amide bonds. The maximum Gasteiger partial charge on any atom is 0.408 e. The minimum Gasteiger partial charge on any atom is -0.466 e. The zero-order valence-corrected chi connectivity index (χ0v) is 25.5. The molecule has 0 heterocycles. The summed E-state index contributed by atoms with van der Waals surface area (Å²) in [4.78, 5) is 54.2. The average molecular weight is 548 g/mol. The summed E-state index contributed by atoms with van der Waals surface area (Å²) in [7, 11) is 0. The van der Waals surface area contributed by atoms with Gasteiger partial charge in [-0.05, 0) is 71.9 Å². The number of aryl methyl sites for hydroxylation is 1. The predicted octanol–water partition coefficient (Wildman–Crippen LogP) is 4.93. The van der Waals surface area contributed by atoms with Gasteiger partial charge in [-0.15, -0.1) is 0 Å². The third-order valence-corrected chi connectivity index (χ3v) is 6.26. The Kier molecular flexibility index (Phi) is 13.0. The number of nitrogens with one attached hydrogen (secondary N) is 2. The number of nitrogens with zero attached hydrogens (tertiary/aromatic N) is 1. The van der Waals surface area contributed by atoms with E-state index in [1.807, 2.05) is 65.8 Å². The van der Waals surface area contributed by atoms with E-state index >= 15 is 0 Å². The predicted molar refractivity (Wildman–Crippen MR) is 152 cm³/mol. The van der Waals surface area contributed by atoms with E-state index in [2.05, 4.69) is 10.6 Å². The van der Waals surface area contributed by atoms with Crippen LogP contribution < -0.4 is 10.6 Å². The Hall–Kier alpha value is -3.10. The number of benzene rings is 1. The highest BCUT2D eigenvalue weighted by molar-refractivity contribution is 5.93. The number of carbonyl (C=O) groups is 4. The number of hydrogen-bond acceptors (Lipinski definition) is 6. The number of esters is 1. The van der Waals surface area contributed by atoms with Gasteiger partial charge in [-0.1, -0.05) is 51.5 Å². The van der Waals surface area contributed by atoms with Crippen LogP contribution in [-0.4, -0.2) is 59.1 Å². The van der Waals surface area contributed by atoms with Gasteiger partial charge in [-0.25, -0.2) is 4.79 Å². The molecule has 0 aromatic heterocycles. The molecule has 3 atom stereocenters. The normalized spacial score (nSPS) is 14.0. The van der Waals surface area contributed by atoms with E-state index in [4.69, 9.17) is 9.47 Å². The van der Waals surface area contributed by atoms with Crippen molar-refractivity contribution >= 4 is 23.9 Å². The van der Waals surface area contributed by atoms with Crippen molar-refractivity contribution in [1.29, 1.82) is 0 Å². The van der Waals surface area contributed by atoms with Crippen LogP contribution in [0.5, 0.6) is 0 Å². The average Bonchev–Trinajstić information content (AvgIpc) is 2.83. The summed E-state index contributed by atoms with van der Waals surface area (Å²) < 4.78 is 10.4. The molecule has 1 aromatic rings. The summed E-state index contributed by atoms with van der Waals surface area (Å²) in [5, 5.41) is 5.58. The van der Waals surface area contributed by atoms with Gasteiger partial charge in [-0.2, -0.15) is 0 Å². The lowest BCUT2D eigenvalue weighted by Gasteiger charge is -2.44. The van der Waals surface area contributed by atoms with Gasteiger partial charge in [0, 0.05) is 12.1 Å². The van der Waals surface area contributed by atoms with Crippen LogP contribution in [0, 0.1) is 5.92 Å². The first kappa shape index (κ1) is 33.9. The van der Waals surface area contributed by atoms with Crippen molar-refractivity contribution in [2.75, 3.05) is 13.2 Å². The van der Waals surface area contributed by atoms with Gasteiger partial charge in [0.05, 0.1) is 13.0 Å². The van der Waals surface area contributed by atoms with Crippen molar-refractivity contribution in [3.8, 4) is 0 Å². The second-order valence-corrected chi connectivity index (χ2v) is 11.7. The molecule has 0 bridgehead atoms. The Morgan fingerprint density at radius 3 is 2.00 bits per heavy atom. The quantitative estimate of drug-likeness (QED) is 0.359. The monoisotopic (exact) mass is 547 g/mol. The Morgan fingerprint density at radius 2 is 1.54 bits per heavy atom. The van der Waals surface area contributed by atoms with Crippen molar-refractivity contribution in [3.05, 3.63) is 35.4 Å². The van der Waals surface area contributed by atoms with E-state index < -0.39 is 47.1 Å². The Bertz CT molecular complexity index is 962. The van der Waals surface area contributed by atoms with Gasteiger partial charge in [0.1, 0.15) is 17.7 Å². The van der Waals surface area contributed by atoms with Crippen LogP contribution >= 0.6 is 0 Å². The molecule has 9 heteroatoms. The highest BCUT2D eigenvalue weighted by Crippen LogP contribution is 2.31. The van der Waals surface area contributed by atoms with Crippen molar-refractivity contribution in [2.45, 2.75) is 112 Å². The van der Waals surface area contributed by atoms with Gasteiger partial charge in [0.15, 0.2) is 0 Å². The van der Waals surface area contributed by atoms with Crippen LogP contribution in [0.3, 0.4) is 0 Å². The molecule has 0 aliphatic rings. The second-order valence-electron chi connectivity index (χ2n) is 11.7. The minimum atomic E-state index is -1.00. The van der Waals surface area contributed by atoms with Crippen molar-refractivity contribution < 1.29 is 28.7 Å². The molecule has 0 saturated carbocycles. The van der Waals surface area contributed by atoms with Crippen LogP contribution in [0.2, 0.25) is 0 Å². The third-order valence-electron chi connectivity index (χ3n) is 6.26. The van der Waals surface area contributed by atoms with Gasteiger partial charge in [-0.3, -0.25) is 14.4 Å². The smallest absolute Gasteiger partial charge is 0.408 e. The highest BCUT2D eigenvalue weighted by atomic mass is 16.6. The lowest BCUT2D eigenvalue weighted by atomic mass is 9.91. The molecule has 0 aliphatic carbocycles. The second kappa shape index (κ2) is 14.9. The van der Waals surface area contributed by atoms with E-state index in [9.17, 15) is 19.2 Å². The fraction of sp³-hybridized carbons (Fsp3) is 0.667. The Balaban J connectivity index is 3.52. The third kappa shape index (κ3) is 10.9. The van der Waals surface area contributed by atoms with Crippen LogP contribution in [-0.2, 0) is 30.3 Å². The van der Waals surface area contributed by atoms with Gasteiger partial charge in [0.2, 0.25) is 11.8 Å². The van der Waals surface area contributed by atoms with Gasteiger partial charge in [0.25, 0.3) is 0 Å². The van der Waals surface area contributed by atoms with E-state index in [1.54, 1.807) is 27.7 Å². The van der Waals surface area contributed by atoms with Gasteiger partial charge >= 0.3 is 12.1 Å². The van der Waals surface area contributed by atoms with Crippen LogP contribution in [0.15, 0.2) is 24.3 Å². The SMILES string of the molecule is CCOC(=O)CCNC(=O)C(c1ccc(CC)cc1)N(C(=O)C(NC(=O)OC(C)(C)C)C(C)CC)C(C)(C)C. The molecule has 0 radical (unpaired) electrons. The zero-order chi connectivity index (χ0) is 30.0. The number of rotatable bonds is 12. The van der Waals surface area contributed by atoms with Crippen molar-refractivity contribution in [1.82, 2.24) is 15.5 Å². The summed E-state index contributed by atoms with van der Waals surface area (Å²) in [6.45, 7) is 18.7. The number of amides is 3. The molecule has 3 unspecified atom stereocenters. The fourth-order valence-electron chi connectivity index (χ4n) is 4.08. The molecule has 0 aliphatic heterocycles. The first-order valence-corrected chi connectivity index (χ1v) is 13.9. The molecule has 220 valence electrons. The zero-order valence-electron chi connectivity index (χ0n) is 25.5. The topological polar surface area (TPSA) is 114 Å². The Morgan fingerprint density at radius 1 is 0.949 bits per heavy atom. The largest absolute Gasteiger partial charge is 0.466 e. The molecule has 0 saturated heterocycles. The van der Waals surface area contributed by atoms with E-state index in [0.29, 0.717) is 12.0 Å². The summed E-state index contributed by atoms with van der Waals surface area (Å²) in [6, 6.07) is 5.64. The summed E-state index contributed by atoms with van der Waals surface area (Å²) in [5.41, 5.74) is 0.187. The van der Waals surface area contributed by atoms with Crippen molar-refractivity contribution in [3.63, 3.8) is 0 Å². The molecular weight excluding hydrogens is 498 g/mol. The van der Waals surface area contributed by atoms with Crippen LogP contribution in [0.1, 0.15) is 99.2 Å². The molecule has 1 rings (SSSR count). The highest BCUT2D eigenvalue weighted by Gasteiger charge is 2.43. The molecule has 9 nitrogen and oxygen atoms in total. The number of carbonyl (C=O) groups excluding carboxylic acids is 4. The molecule has 39 heavy (non-hydrogen) atoms. The maximum atomic E-state index is 14.3. The lowest BCUT2D eigenvalue weighted by molar-refractivity contribution is -0.149. The Labute approximate surface area is 234 Å². The molecular formula is C30H49N3O6. The van der Waals surface area contributed by atoms with E-state index in [0.717, 1.165) is 12.0 Å². The number of alkyl carbamates (subject to hydrolysis) is 1. The van der Waals surface area contributed by atoms with Gasteiger partial charge < -0.3 is 25.0 Å². The van der Waals surface area contributed by atoms with Crippen molar-refractivity contribution in [2.24, 2.45) is 5.92 Å². The summed E-state index contributed by atoms with van der Waals surface area (Å²) in [5.74, 6) is -1.46. The summed E-state index contributed by atoms with van der Waals surface area (Å²) in [6.07, 6.45) is 0.762. The number of hydrogen-bond donors (Lipinski definition) is 2. The number of ether oxygens (including phenoxy) is 2. The lowest BCUT2D eigenvalue weighted by Crippen LogP contribution is -2.60. The molecule has 1 aromatic carbocycles. The molecule has 2 N–H and O–H groups in total. The minimum absolute atomic E-state index is 0.0141. The first-order chi connectivity index (χ1) is 18.0. The molecule has 0 spiro atoms. The fourth-order valence-corrected chi connectivity index (χ4v) is 4.08. The molecule has 0 fully saturated rings. The maximum absolute atomic E-state index is 14.3. The van der Waals surface area contributed by atoms with Crippen LogP contribution in [0.25, 0.3) is 0 Å². The van der Waals surface area contributed by atoms with Crippen LogP contribution in [0.4, 0.5) is 4.79 Å². The first-order valence-electron chi connectivity index (χ1n) is 13.9. The standard InChI is InChI=1S/C30H49N3O6/c1-11-20(4)24(32-28(37)39-30(8,9)10)27(36)33(29(5,6)7)25(22-16-14-21(12-2)15-17-22)26(35)31-19-18-23(34)38-13-3/h14-17,20,24-25H,11-13,18-19H2,1-10H3,(H,31,35)(H,32,37). The van der Waals surface area contributed by atoms with E-state index in [1.165, 1.54) is 4.90 Å². The summed E-state index contributed by atoms with van der Waals surface area (Å²) >= 11 is 0. The van der Waals surface area contributed by atoms with E-state index in [-0.39, 0.29) is 25.5 Å².